The molecule has 0 spiro atoms. The first-order valence-corrected chi connectivity index (χ1v) is 10.3. The molecule has 2 aromatic rings. The number of aryl methyl sites for hydroxylation is 2. The lowest BCUT2D eigenvalue weighted by Crippen LogP contribution is -2.25. The van der Waals surface area contributed by atoms with Crippen molar-refractivity contribution in [3.8, 4) is 0 Å². The smallest absolute Gasteiger partial charge is 0.268 e. The Morgan fingerprint density at radius 3 is 2.31 bits per heavy atom. The molecule has 2 rings (SSSR count). The molecule has 0 bridgehead atoms. The fourth-order valence-corrected chi connectivity index (χ4v) is 3.21. The average molecular weight is 396 g/mol. The Morgan fingerprint density at radius 1 is 1.17 bits per heavy atom. The maximum absolute atomic E-state index is 12.6. The molecule has 0 radical (unpaired) electrons. The number of benzene rings is 1. The molecule has 0 aliphatic heterocycles. The SMILES string of the molecule is C=CC.CCC(C)=C(N)c1ccc(CNC(=O)c2cc(C)c(C)n2CC)cc1C. The lowest BCUT2D eigenvalue weighted by molar-refractivity contribution is 0.0941. The van der Waals surface area contributed by atoms with Crippen molar-refractivity contribution < 1.29 is 4.79 Å². The average Bonchev–Trinajstić information content (AvgIpc) is 2.99. The maximum atomic E-state index is 12.6. The van der Waals surface area contributed by atoms with Crippen LogP contribution in [-0.2, 0) is 13.1 Å². The summed E-state index contributed by atoms with van der Waals surface area (Å²) >= 11 is 0. The van der Waals surface area contributed by atoms with Crippen molar-refractivity contribution in [2.24, 2.45) is 5.73 Å². The van der Waals surface area contributed by atoms with E-state index in [4.69, 9.17) is 5.73 Å². The quantitative estimate of drug-likeness (QED) is 0.620. The van der Waals surface area contributed by atoms with Gasteiger partial charge in [0.2, 0.25) is 0 Å². The molecular weight excluding hydrogens is 358 g/mol. The van der Waals surface area contributed by atoms with Crippen LogP contribution >= 0.6 is 0 Å². The molecule has 4 heteroatoms. The lowest BCUT2D eigenvalue weighted by atomic mass is 9.99. The summed E-state index contributed by atoms with van der Waals surface area (Å²) in [7, 11) is 0. The normalized spacial score (nSPS) is 11.3. The van der Waals surface area contributed by atoms with Crippen LogP contribution in [0.5, 0.6) is 0 Å². The van der Waals surface area contributed by atoms with E-state index in [0.29, 0.717) is 6.54 Å². The van der Waals surface area contributed by atoms with Crippen LogP contribution in [0.1, 0.15) is 72.6 Å². The summed E-state index contributed by atoms with van der Waals surface area (Å²) in [6.45, 7) is 18.9. The molecule has 0 saturated heterocycles. The number of hydrogen-bond donors (Lipinski definition) is 2. The molecular formula is C25H37N3O. The van der Waals surface area contributed by atoms with Gasteiger partial charge in [0.15, 0.2) is 0 Å². The van der Waals surface area contributed by atoms with E-state index in [9.17, 15) is 4.79 Å². The van der Waals surface area contributed by atoms with Crippen molar-refractivity contribution in [1.29, 1.82) is 0 Å². The number of amides is 1. The molecule has 1 aromatic carbocycles. The number of carbonyl (C=O) groups excluding carboxylic acids is 1. The van der Waals surface area contributed by atoms with Crippen LogP contribution in [0.3, 0.4) is 0 Å². The summed E-state index contributed by atoms with van der Waals surface area (Å²) in [5, 5.41) is 3.04. The highest BCUT2D eigenvalue weighted by Gasteiger charge is 2.15. The minimum atomic E-state index is -0.0361. The third-order valence-electron chi connectivity index (χ3n) is 5.19. The third-order valence-corrected chi connectivity index (χ3v) is 5.19. The van der Waals surface area contributed by atoms with E-state index in [2.05, 4.69) is 50.2 Å². The lowest BCUT2D eigenvalue weighted by Gasteiger charge is -2.13. The summed E-state index contributed by atoms with van der Waals surface area (Å²) in [6, 6.07) is 8.14. The number of aromatic nitrogens is 1. The van der Waals surface area contributed by atoms with Crippen LogP contribution in [0.25, 0.3) is 5.70 Å². The van der Waals surface area contributed by atoms with Gasteiger partial charge in [0, 0.05) is 30.0 Å². The van der Waals surface area contributed by atoms with Gasteiger partial charge in [0.25, 0.3) is 5.91 Å². The van der Waals surface area contributed by atoms with Gasteiger partial charge >= 0.3 is 0 Å². The topological polar surface area (TPSA) is 60.0 Å². The largest absolute Gasteiger partial charge is 0.398 e. The minimum Gasteiger partial charge on any atom is -0.398 e. The molecule has 29 heavy (non-hydrogen) atoms. The first-order chi connectivity index (χ1) is 13.7. The number of hydrogen-bond acceptors (Lipinski definition) is 2. The van der Waals surface area contributed by atoms with Gasteiger partial charge in [0.05, 0.1) is 0 Å². The Hall–Kier alpha value is -2.75. The van der Waals surface area contributed by atoms with E-state index in [1.54, 1.807) is 6.08 Å². The van der Waals surface area contributed by atoms with Crippen LogP contribution < -0.4 is 11.1 Å². The Labute approximate surface area is 176 Å². The van der Waals surface area contributed by atoms with Crippen molar-refractivity contribution in [2.75, 3.05) is 0 Å². The highest BCUT2D eigenvalue weighted by atomic mass is 16.1. The highest BCUT2D eigenvalue weighted by Crippen LogP contribution is 2.21. The van der Waals surface area contributed by atoms with E-state index >= 15 is 0 Å². The van der Waals surface area contributed by atoms with Crippen LogP contribution in [0.2, 0.25) is 0 Å². The summed E-state index contributed by atoms with van der Waals surface area (Å²) in [6.07, 6.45) is 2.69. The van der Waals surface area contributed by atoms with Gasteiger partial charge < -0.3 is 15.6 Å². The molecule has 0 saturated carbocycles. The predicted octanol–water partition coefficient (Wildman–Crippen LogP) is 5.66. The summed E-state index contributed by atoms with van der Waals surface area (Å²) in [5.74, 6) is -0.0361. The van der Waals surface area contributed by atoms with Crippen LogP contribution in [0, 0.1) is 20.8 Å². The molecule has 0 unspecified atom stereocenters. The number of rotatable bonds is 6. The van der Waals surface area contributed by atoms with Crippen molar-refractivity contribution in [1.82, 2.24) is 9.88 Å². The molecule has 4 nitrogen and oxygen atoms in total. The molecule has 0 atom stereocenters. The molecule has 0 aliphatic rings. The second-order valence-electron chi connectivity index (χ2n) is 7.33. The fourth-order valence-electron chi connectivity index (χ4n) is 3.21. The molecule has 1 amide bonds. The first kappa shape index (κ1) is 24.3. The number of nitrogens with zero attached hydrogens (tertiary/aromatic N) is 1. The Bertz CT molecular complexity index is 888. The summed E-state index contributed by atoms with van der Waals surface area (Å²) < 4.78 is 2.05. The van der Waals surface area contributed by atoms with Crippen LogP contribution in [0.15, 0.2) is 42.5 Å². The first-order valence-electron chi connectivity index (χ1n) is 10.3. The van der Waals surface area contributed by atoms with Crippen LogP contribution in [-0.4, -0.2) is 10.5 Å². The zero-order chi connectivity index (χ0) is 22.1. The Balaban J connectivity index is 0.00000132. The standard InChI is InChI=1S/C22H31N3O.C3H6/c1-7-14(3)21(23)19-10-9-18(11-16(19)5)13-24-22(26)20-12-15(4)17(6)25(20)8-2;1-3-2/h9-12H,7-8,13,23H2,1-6H3,(H,24,26);3H,1H2,2H3. The molecule has 158 valence electrons. The maximum Gasteiger partial charge on any atom is 0.268 e. The Morgan fingerprint density at radius 2 is 1.79 bits per heavy atom. The van der Waals surface area contributed by atoms with E-state index in [-0.39, 0.29) is 5.91 Å². The zero-order valence-electron chi connectivity index (χ0n) is 19.1. The molecule has 1 aromatic heterocycles. The van der Waals surface area contributed by atoms with E-state index in [0.717, 1.165) is 52.3 Å². The second kappa shape index (κ2) is 11.3. The second-order valence-corrected chi connectivity index (χ2v) is 7.33. The molecule has 0 aliphatic carbocycles. The minimum absolute atomic E-state index is 0.0361. The molecule has 1 heterocycles. The van der Waals surface area contributed by atoms with Gasteiger partial charge in [-0.05, 0) is 76.3 Å². The highest BCUT2D eigenvalue weighted by molar-refractivity contribution is 5.93. The number of carbonyl (C=O) groups is 1. The third kappa shape index (κ3) is 6.11. The monoisotopic (exact) mass is 395 g/mol. The van der Waals surface area contributed by atoms with Gasteiger partial charge in [-0.3, -0.25) is 4.79 Å². The van der Waals surface area contributed by atoms with Gasteiger partial charge in [0.1, 0.15) is 5.69 Å². The van der Waals surface area contributed by atoms with Crippen molar-refractivity contribution in [3.05, 3.63) is 76.1 Å². The molecule has 3 N–H and O–H groups in total. The van der Waals surface area contributed by atoms with Crippen molar-refractivity contribution in [3.63, 3.8) is 0 Å². The summed E-state index contributed by atoms with van der Waals surface area (Å²) in [4.78, 5) is 12.6. The number of nitrogens with two attached hydrogens (primary N) is 1. The van der Waals surface area contributed by atoms with Crippen molar-refractivity contribution in [2.45, 2.75) is 68.0 Å². The molecule has 0 fully saturated rings. The number of nitrogens with one attached hydrogen (secondary N) is 1. The summed E-state index contributed by atoms with van der Waals surface area (Å²) in [5.41, 5.74) is 14.6. The van der Waals surface area contributed by atoms with Crippen LogP contribution in [0.4, 0.5) is 0 Å². The van der Waals surface area contributed by atoms with E-state index in [1.807, 2.05) is 39.0 Å². The van der Waals surface area contributed by atoms with Gasteiger partial charge in [-0.1, -0.05) is 31.2 Å². The van der Waals surface area contributed by atoms with E-state index < -0.39 is 0 Å². The van der Waals surface area contributed by atoms with Gasteiger partial charge in [-0.15, -0.1) is 6.58 Å². The van der Waals surface area contributed by atoms with Gasteiger partial charge in [-0.25, -0.2) is 0 Å². The van der Waals surface area contributed by atoms with Crippen molar-refractivity contribution >= 4 is 11.6 Å². The number of allylic oxidation sites excluding steroid dienone is 2. The van der Waals surface area contributed by atoms with E-state index in [1.165, 1.54) is 5.57 Å². The van der Waals surface area contributed by atoms with Gasteiger partial charge in [-0.2, -0.15) is 0 Å². The Kier molecular flexibility index (Phi) is 9.46. The fraction of sp³-hybridized carbons (Fsp3) is 0.400. The zero-order valence-corrected chi connectivity index (χ0v) is 19.1. The predicted molar refractivity (Wildman–Crippen MR) is 125 cm³/mol.